The van der Waals surface area contributed by atoms with Gasteiger partial charge in [-0.15, -0.1) is 0 Å². The number of carbonyl (C=O) groups is 2. The standard InChI is InChI=1S/C20H18N2O3/c1-13(23)21-17-6-8-18(9-7-17)22-20(24)16-4-3-15-12-19(25-2)10-5-14(15)11-16/h3-12H,1-2H3,(H,21,23)(H,22,24). The maximum Gasteiger partial charge on any atom is 0.255 e. The van der Waals surface area contributed by atoms with E-state index in [1.807, 2.05) is 30.3 Å². The van der Waals surface area contributed by atoms with Crippen molar-refractivity contribution in [2.45, 2.75) is 6.92 Å². The van der Waals surface area contributed by atoms with Gasteiger partial charge in [-0.05, 0) is 59.3 Å². The second-order valence-corrected chi connectivity index (χ2v) is 5.64. The summed E-state index contributed by atoms with van der Waals surface area (Å²) >= 11 is 0. The highest BCUT2D eigenvalue weighted by Gasteiger charge is 2.08. The highest BCUT2D eigenvalue weighted by molar-refractivity contribution is 6.06. The monoisotopic (exact) mass is 334 g/mol. The Morgan fingerprint density at radius 1 is 0.800 bits per heavy atom. The Morgan fingerprint density at radius 2 is 1.40 bits per heavy atom. The van der Waals surface area contributed by atoms with Crippen LogP contribution in [-0.4, -0.2) is 18.9 Å². The van der Waals surface area contributed by atoms with Crippen molar-refractivity contribution in [3.8, 4) is 5.75 Å². The Kier molecular flexibility index (Phi) is 4.66. The van der Waals surface area contributed by atoms with Crippen LogP contribution in [0.25, 0.3) is 10.8 Å². The first-order chi connectivity index (χ1) is 12.0. The normalized spacial score (nSPS) is 10.3. The fourth-order valence-corrected chi connectivity index (χ4v) is 2.54. The molecule has 0 saturated carbocycles. The number of anilines is 2. The zero-order chi connectivity index (χ0) is 17.8. The third-order valence-electron chi connectivity index (χ3n) is 3.77. The minimum Gasteiger partial charge on any atom is -0.497 e. The molecular weight excluding hydrogens is 316 g/mol. The summed E-state index contributed by atoms with van der Waals surface area (Å²) in [4.78, 5) is 23.5. The molecule has 0 radical (unpaired) electrons. The molecule has 3 aromatic rings. The van der Waals surface area contributed by atoms with Gasteiger partial charge in [0.25, 0.3) is 5.91 Å². The van der Waals surface area contributed by atoms with E-state index < -0.39 is 0 Å². The summed E-state index contributed by atoms with van der Waals surface area (Å²) in [7, 11) is 1.63. The molecule has 126 valence electrons. The number of fused-ring (bicyclic) bond motifs is 1. The van der Waals surface area contributed by atoms with Crippen molar-refractivity contribution in [1.82, 2.24) is 0 Å². The predicted octanol–water partition coefficient (Wildman–Crippen LogP) is 4.06. The summed E-state index contributed by atoms with van der Waals surface area (Å²) in [6.45, 7) is 1.45. The Hall–Kier alpha value is -3.34. The van der Waals surface area contributed by atoms with Crippen LogP contribution in [0, 0.1) is 0 Å². The highest BCUT2D eigenvalue weighted by Crippen LogP contribution is 2.22. The van der Waals surface area contributed by atoms with Crippen LogP contribution in [0.15, 0.2) is 60.7 Å². The van der Waals surface area contributed by atoms with Crippen molar-refractivity contribution in [2.24, 2.45) is 0 Å². The number of ether oxygens (including phenoxy) is 1. The molecule has 0 atom stereocenters. The van der Waals surface area contributed by atoms with Crippen molar-refractivity contribution in [2.75, 3.05) is 17.7 Å². The van der Waals surface area contributed by atoms with Crippen molar-refractivity contribution < 1.29 is 14.3 Å². The molecule has 0 fully saturated rings. The van der Waals surface area contributed by atoms with Crippen LogP contribution < -0.4 is 15.4 Å². The lowest BCUT2D eigenvalue weighted by atomic mass is 10.1. The minimum atomic E-state index is -0.190. The summed E-state index contributed by atoms with van der Waals surface area (Å²) in [5.74, 6) is 0.457. The maximum absolute atomic E-state index is 12.4. The molecule has 2 N–H and O–H groups in total. The van der Waals surface area contributed by atoms with Gasteiger partial charge in [-0.3, -0.25) is 9.59 Å². The largest absolute Gasteiger partial charge is 0.497 e. The molecule has 2 amide bonds. The molecule has 0 spiro atoms. The molecule has 0 unspecified atom stereocenters. The molecular formula is C20H18N2O3. The highest BCUT2D eigenvalue weighted by atomic mass is 16.5. The second kappa shape index (κ2) is 7.05. The molecule has 0 bridgehead atoms. The molecule has 0 aromatic heterocycles. The molecule has 0 aliphatic carbocycles. The summed E-state index contributed by atoms with van der Waals surface area (Å²) < 4.78 is 5.21. The summed E-state index contributed by atoms with van der Waals surface area (Å²) in [5.41, 5.74) is 1.92. The Balaban J connectivity index is 1.76. The van der Waals surface area contributed by atoms with Crippen LogP contribution in [0.1, 0.15) is 17.3 Å². The van der Waals surface area contributed by atoms with Gasteiger partial charge in [0.05, 0.1) is 7.11 Å². The van der Waals surface area contributed by atoms with Crippen molar-refractivity contribution >= 4 is 34.0 Å². The Morgan fingerprint density at radius 3 is 2.04 bits per heavy atom. The third-order valence-corrected chi connectivity index (χ3v) is 3.77. The molecule has 3 rings (SSSR count). The SMILES string of the molecule is COc1ccc2cc(C(=O)Nc3ccc(NC(C)=O)cc3)ccc2c1. The van der Waals surface area contributed by atoms with Crippen LogP contribution in [0.3, 0.4) is 0 Å². The molecule has 0 heterocycles. The average molecular weight is 334 g/mol. The summed E-state index contributed by atoms with van der Waals surface area (Å²) in [6, 6.07) is 18.2. The van der Waals surface area contributed by atoms with Gasteiger partial charge < -0.3 is 15.4 Å². The first kappa shape index (κ1) is 16.5. The van der Waals surface area contributed by atoms with Crippen molar-refractivity contribution in [1.29, 1.82) is 0 Å². The average Bonchev–Trinajstić information content (AvgIpc) is 2.62. The topological polar surface area (TPSA) is 67.4 Å². The second-order valence-electron chi connectivity index (χ2n) is 5.64. The van der Waals surface area contributed by atoms with Gasteiger partial charge in [0.1, 0.15) is 5.75 Å². The number of hydrogen-bond donors (Lipinski definition) is 2. The molecule has 5 nitrogen and oxygen atoms in total. The Labute approximate surface area is 145 Å². The van der Waals surface area contributed by atoms with Gasteiger partial charge in [-0.2, -0.15) is 0 Å². The lowest BCUT2D eigenvalue weighted by Crippen LogP contribution is -2.12. The number of carbonyl (C=O) groups excluding carboxylic acids is 2. The third kappa shape index (κ3) is 3.95. The van der Waals surface area contributed by atoms with Gasteiger partial charge in [-0.1, -0.05) is 12.1 Å². The van der Waals surface area contributed by atoms with Crippen LogP contribution in [0.2, 0.25) is 0 Å². The van der Waals surface area contributed by atoms with Crippen molar-refractivity contribution in [3.63, 3.8) is 0 Å². The van der Waals surface area contributed by atoms with Gasteiger partial charge in [0.15, 0.2) is 0 Å². The van der Waals surface area contributed by atoms with Crippen LogP contribution >= 0.6 is 0 Å². The lowest BCUT2D eigenvalue weighted by Gasteiger charge is -2.08. The van der Waals surface area contributed by atoms with Gasteiger partial charge in [-0.25, -0.2) is 0 Å². The molecule has 25 heavy (non-hydrogen) atoms. The van der Waals surface area contributed by atoms with E-state index in [0.29, 0.717) is 16.9 Å². The quantitative estimate of drug-likeness (QED) is 0.756. The van der Waals surface area contributed by atoms with Crippen LogP contribution in [0.5, 0.6) is 5.75 Å². The zero-order valence-electron chi connectivity index (χ0n) is 14.0. The fraction of sp³-hybridized carbons (Fsp3) is 0.100. The van der Waals surface area contributed by atoms with E-state index in [2.05, 4.69) is 10.6 Å². The molecule has 0 aliphatic heterocycles. The van der Waals surface area contributed by atoms with E-state index in [1.165, 1.54) is 6.92 Å². The first-order valence-electron chi connectivity index (χ1n) is 7.82. The van der Waals surface area contributed by atoms with Crippen molar-refractivity contribution in [3.05, 3.63) is 66.2 Å². The maximum atomic E-state index is 12.4. The smallest absolute Gasteiger partial charge is 0.255 e. The van der Waals surface area contributed by atoms with E-state index in [-0.39, 0.29) is 11.8 Å². The molecule has 5 heteroatoms. The number of methoxy groups -OCH3 is 1. The number of benzene rings is 3. The predicted molar refractivity (Wildman–Crippen MR) is 99.2 cm³/mol. The van der Waals surface area contributed by atoms with E-state index >= 15 is 0 Å². The van der Waals surface area contributed by atoms with E-state index in [9.17, 15) is 9.59 Å². The van der Waals surface area contributed by atoms with E-state index in [4.69, 9.17) is 4.74 Å². The van der Waals surface area contributed by atoms with Gasteiger partial charge in [0.2, 0.25) is 5.91 Å². The number of nitrogens with one attached hydrogen (secondary N) is 2. The minimum absolute atomic E-state index is 0.135. The zero-order valence-corrected chi connectivity index (χ0v) is 14.0. The first-order valence-corrected chi connectivity index (χ1v) is 7.82. The number of hydrogen-bond acceptors (Lipinski definition) is 3. The van der Waals surface area contributed by atoms with E-state index in [1.54, 1.807) is 37.4 Å². The van der Waals surface area contributed by atoms with Crippen LogP contribution in [0.4, 0.5) is 11.4 Å². The number of amides is 2. The molecule has 0 aliphatic rings. The summed E-state index contributed by atoms with van der Waals surface area (Å²) in [5, 5.41) is 7.51. The summed E-state index contributed by atoms with van der Waals surface area (Å²) in [6.07, 6.45) is 0. The lowest BCUT2D eigenvalue weighted by molar-refractivity contribution is -0.114. The molecule has 3 aromatic carbocycles. The molecule has 0 saturated heterocycles. The number of rotatable bonds is 4. The Bertz CT molecular complexity index is 933. The van der Waals surface area contributed by atoms with Crippen LogP contribution in [-0.2, 0) is 4.79 Å². The fourth-order valence-electron chi connectivity index (χ4n) is 2.54. The van der Waals surface area contributed by atoms with E-state index in [0.717, 1.165) is 16.5 Å². The van der Waals surface area contributed by atoms with Gasteiger partial charge in [0, 0.05) is 23.9 Å². The van der Waals surface area contributed by atoms with Gasteiger partial charge >= 0.3 is 0 Å².